The number of hydrogen-bond acceptors (Lipinski definition) is 12. The number of benzene rings is 3. The maximum Gasteiger partial charge on any atom is 0.256 e. The molecule has 0 aliphatic heterocycles. The number of nitrogen functional groups attached to an aromatic ring is 1. The van der Waals surface area contributed by atoms with Crippen molar-refractivity contribution >= 4 is 50.3 Å². The summed E-state index contributed by atoms with van der Waals surface area (Å²) in [4.78, 5) is 41.9. The van der Waals surface area contributed by atoms with E-state index in [0.717, 1.165) is 66.2 Å². The molecule has 5 heterocycles. The predicted octanol–water partition coefficient (Wildman–Crippen LogP) is 6.23. The summed E-state index contributed by atoms with van der Waals surface area (Å²) in [6.07, 6.45) is 6.79. The van der Waals surface area contributed by atoms with Gasteiger partial charge in [-0.2, -0.15) is 15.6 Å². The average Bonchev–Trinajstić information content (AvgIpc) is 3.68. The topological polar surface area (TPSA) is 256 Å². The van der Waals surface area contributed by atoms with Crippen molar-refractivity contribution in [2.24, 2.45) is 5.73 Å². The summed E-state index contributed by atoms with van der Waals surface area (Å²) in [6.45, 7) is 10.2. The molecule has 0 aliphatic rings. The van der Waals surface area contributed by atoms with Gasteiger partial charge in [0.2, 0.25) is 0 Å². The SMILES string of the molecule is Cc1cnc2c(C#N)cc(CO)cc2c1.Cc1cnc2c(C(N)=O)cc(Cn3cc(C(=O)NCc4ccc(N)nc4C)c(C#N)n3)cc2c1.Cc1cnc2c(C)cc(CO)cc2c1. The number of pyridine rings is 4. The van der Waals surface area contributed by atoms with Gasteiger partial charge in [-0.15, -0.1) is 0 Å². The molecule has 0 bridgehead atoms. The Morgan fingerprint density at radius 2 is 1.29 bits per heavy atom. The number of anilines is 1. The molecule has 2 amide bonds. The summed E-state index contributed by atoms with van der Waals surface area (Å²) in [5.74, 6) is -0.621. The molecule has 0 aliphatic carbocycles. The number of aliphatic hydroxyl groups excluding tert-OH is 2. The fourth-order valence-electron chi connectivity index (χ4n) is 7.02. The Balaban J connectivity index is 0.000000186. The van der Waals surface area contributed by atoms with E-state index in [1.54, 1.807) is 43.6 Å². The first kappa shape index (κ1) is 44.4. The van der Waals surface area contributed by atoms with Crippen LogP contribution in [0.4, 0.5) is 5.82 Å². The molecule has 15 nitrogen and oxygen atoms in total. The number of carbonyl (C=O) groups is 2. The van der Waals surface area contributed by atoms with Crippen molar-refractivity contribution in [2.75, 3.05) is 5.73 Å². The van der Waals surface area contributed by atoms with Crippen LogP contribution in [0.1, 0.15) is 82.2 Å². The van der Waals surface area contributed by atoms with E-state index in [-0.39, 0.29) is 37.6 Å². The Labute approximate surface area is 363 Å². The predicted molar refractivity (Wildman–Crippen MR) is 240 cm³/mol. The summed E-state index contributed by atoms with van der Waals surface area (Å²) >= 11 is 0. The number of fused-ring (bicyclic) bond motifs is 3. The quantitative estimate of drug-likeness (QED) is 0.114. The molecule has 3 aromatic carbocycles. The zero-order valence-corrected chi connectivity index (χ0v) is 35.4. The molecule has 0 saturated carbocycles. The zero-order valence-electron chi connectivity index (χ0n) is 35.4. The van der Waals surface area contributed by atoms with Crippen molar-refractivity contribution in [3.63, 3.8) is 0 Å². The monoisotopic (exact) mass is 839 g/mol. The highest BCUT2D eigenvalue weighted by Crippen LogP contribution is 2.23. The number of aromatic nitrogens is 6. The fourth-order valence-corrected chi connectivity index (χ4v) is 7.02. The number of rotatable bonds is 8. The minimum atomic E-state index is -0.589. The Kier molecular flexibility index (Phi) is 13.8. The van der Waals surface area contributed by atoms with Gasteiger partial charge in [0.05, 0.1) is 53.0 Å². The van der Waals surface area contributed by atoms with Gasteiger partial charge in [-0.3, -0.25) is 29.2 Å². The van der Waals surface area contributed by atoms with E-state index in [1.165, 1.54) is 10.9 Å². The zero-order chi connectivity index (χ0) is 45.4. The fraction of sp³-hybridized carbons (Fsp3) is 0.188. The van der Waals surface area contributed by atoms with Gasteiger partial charge in [0.15, 0.2) is 5.69 Å². The first-order valence-corrected chi connectivity index (χ1v) is 19.7. The standard InChI is InChI=1S/C24H22N8O2.C12H10N2O.C12H13NO/c1-13-5-17-6-15(7-18(23(27)33)22(17)28-9-13)11-32-12-19(20(8-25)31-32)24(34)29-10-16-3-4-21(26)30-14(16)2;1-8-2-10-3-9(7-15)4-11(5-13)12(10)14-6-8;1-8-3-11-5-10(7-14)4-9(2)12(11)13-6-8/h3-7,9,12H,10-11H2,1-2H3,(H2,26,30)(H2,27,33)(H,29,34);2-4,6,15H,7H2,1H3;3-6,14H,7H2,1-2H3. The molecule has 0 fully saturated rings. The number of aryl methyl sites for hydroxylation is 5. The van der Waals surface area contributed by atoms with Crippen LogP contribution in [0, 0.1) is 57.3 Å². The van der Waals surface area contributed by atoms with Crippen molar-refractivity contribution in [3.05, 3.63) is 164 Å². The van der Waals surface area contributed by atoms with Crippen LogP contribution in [0.5, 0.6) is 0 Å². The number of primary amides is 1. The summed E-state index contributed by atoms with van der Waals surface area (Å²) in [5, 5.41) is 46.4. The number of amides is 2. The van der Waals surface area contributed by atoms with E-state index in [1.807, 2.05) is 76.4 Å². The number of nitriles is 2. The maximum atomic E-state index is 12.8. The minimum absolute atomic E-state index is 0.00178. The van der Waals surface area contributed by atoms with Crippen LogP contribution in [0.2, 0.25) is 0 Å². The summed E-state index contributed by atoms with van der Waals surface area (Å²) in [6, 6.07) is 24.5. The van der Waals surface area contributed by atoms with Gasteiger partial charge in [0.1, 0.15) is 18.0 Å². The number of carbonyl (C=O) groups excluding carboxylic acids is 2. The summed E-state index contributed by atoms with van der Waals surface area (Å²) < 4.78 is 1.48. The highest BCUT2D eigenvalue weighted by atomic mass is 16.3. The second-order valence-electron chi connectivity index (χ2n) is 15.1. The smallest absolute Gasteiger partial charge is 0.256 e. The average molecular weight is 840 g/mol. The highest BCUT2D eigenvalue weighted by molar-refractivity contribution is 6.05. The van der Waals surface area contributed by atoms with Crippen molar-refractivity contribution < 1.29 is 19.8 Å². The lowest BCUT2D eigenvalue weighted by atomic mass is 10.0. The first-order valence-electron chi connectivity index (χ1n) is 19.7. The second-order valence-corrected chi connectivity index (χ2v) is 15.1. The molecule has 5 aromatic heterocycles. The highest BCUT2D eigenvalue weighted by Gasteiger charge is 2.18. The minimum Gasteiger partial charge on any atom is -0.392 e. The van der Waals surface area contributed by atoms with Crippen LogP contribution in [0.15, 0.2) is 91.5 Å². The van der Waals surface area contributed by atoms with Crippen LogP contribution in [0.25, 0.3) is 32.7 Å². The molecular weight excluding hydrogens is 795 g/mol. The maximum absolute atomic E-state index is 12.8. The second kappa shape index (κ2) is 19.5. The van der Waals surface area contributed by atoms with Crippen molar-refractivity contribution in [1.29, 1.82) is 10.5 Å². The number of hydrogen-bond donors (Lipinski definition) is 5. The third kappa shape index (κ3) is 10.6. The van der Waals surface area contributed by atoms with Crippen LogP contribution in [-0.4, -0.2) is 51.7 Å². The first-order chi connectivity index (χ1) is 30.2. The molecule has 63 heavy (non-hydrogen) atoms. The summed E-state index contributed by atoms with van der Waals surface area (Å²) in [5.41, 5.74) is 22.6. The molecule has 0 radical (unpaired) electrons. The van der Waals surface area contributed by atoms with Crippen LogP contribution >= 0.6 is 0 Å². The van der Waals surface area contributed by atoms with Crippen LogP contribution < -0.4 is 16.8 Å². The molecular formula is C48H45N11O4. The number of nitrogens with one attached hydrogen (secondary N) is 1. The van der Waals surface area contributed by atoms with Crippen LogP contribution in [-0.2, 0) is 26.3 Å². The molecule has 8 rings (SSSR count). The van der Waals surface area contributed by atoms with Crippen LogP contribution in [0.3, 0.4) is 0 Å². The Hall–Kier alpha value is -8.11. The van der Waals surface area contributed by atoms with Crippen molar-refractivity contribution in [1.82, 2.24) is 35.0 Å². The van der Waals surface area contributed by atoms with Gasteiger partial charge in [0.25, 0.3) is 11.8 Å². The lowest BCUT2D eigenvalue weighted by Gasteiger charge is -2.09. The van der Waals surface area contributed by atoms with Gasteiger partial charge in [0, 0.05) is 53.2 Å². The third-order valence-electron chi connectivity index (χ3n) is 9.99. The number of nitrogens with two attached hydrogens (primary N) is 2. The molecule has 316 valence electrons. The summed E-state index contributed by atoms with van der Waals surface area (Å²) in [7, 11) is 0. The Morgan fingerprint density at radius 1 is 0.714 bits per heavy atom. The molecule has 0 unspecified atom stereocenters. The molecule has 7 N–H and O–H groups in total. The molecule has 0 spiro atoms. The Morgan fingerprint density at radius 3 is 1.87 bits per heavy atom. The van der Waals surface area contributed by atoms with Gasteiger partial charge in [-0.25, -0.2) is 4.98 Å². The van der Waals surface area contributed by atoms with E-state index >= 15 is 0 Å². The Bertz CT molecular complexity index is 3130. The van der Waals surface area contributed by atoms with E-state index in [2.05, 4.69) is 42.5 Å². The molecule has 0 atom stereocenters. The largest absolute Gasteiger partial charge is 0.392 e. The van der Waals surface area contributed by atoms with E-state index in [9.17, 15) is 14.9 Å². The van der Waals surface area contributed by atoms with Gasteiger partial charge in [-0.05, 0) is 134 Å². The van der Waals surface area contributed by atoms with Crippen molar-refractivity contribution in [3.8, 4) is 12.1 Å². The van der Waals surface area contributed by atoms with E-state index in [4.69, 9.17) is 26.9 Å². The van der Waals surface area contributed by atoms with Crippen molar-refractivity contribution in [2.45, 2.75) is 60.9 Å². The molecule has 8 aromatic rings. The van der Waals surface area contributed by atoms with Gasteiger partial charge < -0.3 is 27.0 Å². The molecule has 0 saturated heterocycles. The van der Waals surface area contributed by atoms with E-state index in [0.29, 0.717) is 33.7 Å². The van der Waals surface area contributed by atoms with Gasteiger partial charge >= 0.3 is 0 Å². The lowest BCUT2D eigenvalue weighted by molar-refractivity contribution is 0.0949. The van der Waals surface area contributed by atoms with Gasteiger partial charge in [-0.1, -0.05) is 12.1 Å². The normalized spacial score (nSPS) is 10.6. The molecule has 15 heteroatoms. The lowest BCUT2D eigenvalue weighted by Crippen LogP contribution is -2.23. The number of aliphatic hydroxyl groups is 2. The van der Waals surface area contributed by atoms with E-state index < -0.39 is 11.8 Å². The number of nitrogens with zero attached hydrogens (tertiary/aromatic N) is 8. The third-order valence-corrected chi connectivity index (χ3v) is 9.99.